The van der Waals surface area contributed by atoms with Gasteiger partial charge in [0.05, 0.1) is 29.2 Å². The van der Waals surface area contributed by atoms with Crippen LogP contribution in [0, 0.1) is 10.1 Å². The van der Waals surface area contributed by atoms with Gasteiger partial charge in [-0.2, -0.15) is 5.10 Å². The predicted octanol–water partition coefficient (Wildman–Crippen LogP) is 1.93. The summed E-state index contributed by atoms with van der Waals surface area (Å²) < 4.78 is 27.3. The van der Waals surface area contributed by atoms with E-state index in [1.807, 2.05) is 0 Å². The van der Waals surface area contributed by atoms with Gasteiger partial charge in [-0.15, -0.1) is 0 Å². The minimum atomic E-state index is -2.63. The van der Waals surface area contributed by atoms with E-state index in [1.165, 1.54) is 12.1 Å². The van der Waals surface area contributed by atoms with E-state index in [-0.39, 0.29) is 25.3 Å². The van der Waals surface area contributed by atoms with Crippen LogP contribution in [0.3, 0.4) is 0 Å². The minimum Gasteiger partial charge on any atom is -0.285 e. The molecular formula is C12H12F2N4O2. The molecule has 1 saturated heterocycles. The zero-order valence-corrected chi connectivity index (χ0v) is 10.7. The number of nitro benzene ring substituents is 1. The van der Waals surface area contributed by atoms with Crippen LogP contribution in [0.25, 0.3) is 10.9 Å². The molecule has 6 nitrogen and oxygen atoms in total. The van der Waals surface area contributed by atoms with Gasteiger partial charge in [0.25, 0.3) is 11.6 Å². The van der Waals surface area contributed by atoms with E-state index in [4.69, 9.17) is 0 Å². The number of non-ortho nitro benzene ring substituents is 1. The average Bonchev–Trinajstić information content (AvgIpc) is 2.64. The van der Waals surface area contributed by atoms with Crippen LogP contribution < -0.4 is 0 Å². The molecule has 0 atom stereocenters. The third-order valence-electron chi connectivity index (χ3n) is 3.40. The molecule has 0 unspecified atom stereocenters. The quantitative estimate of drug-likeness (QED) is 0.637. The first-order valence-electron chi connectivity index (χ1n) is 6.06. The van der Waals surface area contributed by atoms with Gasteiger partial charge < -0.3 is 0 Å². The molecule has 0 spiro atoms. The third-order valence-corrected chi connectivity index (χ3v) is 3.40. The van der Waals surface area contributed by atoms with E-state index in [9.17, 15) is 18.9 Å². The normalized spacial score (nSPS) is 18.1. The maximum Gasteiger partial charge on any atom is 0.272 e. The minimum absolute atomic E-state index is 0.0271. The molecule has 8 heteroatoms. The van der Waals surface area contributed by atoms with Crippen molar-refractivity contribution in [3.63, 3.8) is 0 Å². The Balaban J connectivity index is 1.94. The van der Waals surface area contributed by atoms with Gasteiger partial charge in [0.1, 0.15) is 0 Å². The number of nitro groups is 1. The lowest BCUT2D eigenvalue weighted by molar-refractivity contribution is -0.384. The van der Waals surface area contributed by atoms with E-state index < -0.39 is 10.8 Å². The fraction of sp³-hybridized carbons (Fsp3) is 0.417. The van der Waals surface area contributed by atoms with Gasteiger partial charge in [0.2, 0.25) is 0 Å². The number of halogens is 2. The summed E-state index contributed by atoms with van der Waals surface area (Å²) in [6, 6.07) is 4.47. The molecule has 20 heavy (non-hydrogen) atoms. The SMILES string of the molecule is Cn1nc(CN2CC(F)(F)C2)c2cc([N+](=O)[O-])ccc21. The highest BCUT2D eigenvalue weighted by Crippen LogP contribution is 2.30. The zero-order chi connectivity index (χ0) is 14.5. The standard InChI is InChI=1S/C12H12F2N4O2/c1-16-11-3-2-8(18(19)20)4-9(11)10(15-16)5-17-6-12(13,14)7-17/h2-4H,5-7H2,1H3. The number of hydrogen-bond acceptors (Lipinski definition) is 4. The molecule has 3 rings (SSSR count). The molecule has 0 radical (unpaired) electrons. The Kier molecular flexibility index (Phi) is 2.72. The number of fused-ring (bicyclic) bond motifs is 1. The molecular weight excluding hydrogens is 270 g/mol. The Morgan fingerprint density at radius 2 is 2.15 bits per heavy atom. The van der Waals surface area contributed by atoms with Crippen LogP contribution in [0.1, 0.15) is 5.69 Å². The van der Waals surface area contributed by atoms with Gasteiger partial charge in [0, 0.05) is 31.1 Å². The lowest BCUT2D eigenvalue weighted by Gasteiger charge is -2.38. The number of likely N-dealkylation sites (tertiary alicyclic amines) is 1. The van der Waals surface area contributed by atoms with Crippen molar-refractivity contribution in [1.29, 1.82) is 0 Å². The first-order valence-corrected chi connectivity index (χ1v) is 6.06. The van der Waals surface area contributed by atoms with Crippen LogP contribution in [0.2, 0.25) is 0 Å². The summed E-state index contributed by atoms with van der Waals surface area (Å²) in [5, 5.41) is 15.7. The second kappa shape index (κ2) is 4.20. The second-order valence-electron chi connectivity index (χ2n) is 5.03. The van der Waals surface area contributed by atoms with E-state index in [2.05, 4.69) is 5.10 Å². The molecule has 1 aliphatic heterocycles. The number of alkyl halides is 2. The molecule has 1 aromatic heterocycles. The molecule has 1 aromatic carbocycles. The fourth-order valence-electron chi connectivity index (χ4n) is 2.49. The summed E-state index contributed by atoms with van der Waals surface area (Å²) in [5.41, 5.74) is 1.31. The summed E-state index contributed by atoms with van der Waals surface area (Å²) in [7, 11) is 1.72. The van der Waals surface area contributed by atoms with Crippen molar-refractivity contribution in [2.45, 2.75) is 12.5 Å². The largest absolute Gasteiger partial charge is 0.285 e. The van der Waals surface area contributed by atoms with Crippen molar-refractivity contribution >= 4 is 16.6 Å². The molecule has 0 N–H and O–H groups in total. The van der Waals surface area contributed by atoms with Crippen molar-refractivity contribution in [3.8, 4) is 0 Å². The average molecular weight is 282 g/mol. The van der Waals surface area contributed by atoms with Crippen LogP contribution in [-0.4, -0.2) is 38.6 Å². The van der Waals surface area contributed by atoms with Crippen LogP contribution >= 0.6 is 0 Å². The predicted molar refractivity (Wildman–Crippen MR) is 67.6 cm³/mol. The van der Waals surface area contributed by atoms with Gasteiger partial charge in [-0.3, -0.25) is 19.7 Å². The summed E-state index contributed by atoms with van der Waals surface area (Å²) in [6.07, 6.45) is 0. The third kappa shape index (κ3) is 2.11. The maximum absolute atomic E-state index is 12.8. The van der Waals surface area contributed by atoms with Crippen molar-refractivity contribution in [1.82, 2.24) is 14.7 Å². The number of benzene rings is 1. The Hall–Kier alpha value is -2.09. The molecule has 0 amide bonds. The number of aromatic nitrogens is 2. The topological polar surface area (TPSA) is 64.2 Å². The fourth-order valence-corrected chi connectivity index (χ4v) is 2.49. The number of hydrogen-bond donors (Lipinski definition) is 0. The summed E-state index contributed by atoms with van der Waals surface area (Å²) >= 11 is 0. The van der Waals surface area contributed by atoms with Gasteiger partial charge in [-0.1, -0.05) is 0 Å². The summed E-state index contributed by atoms with van der Waals surface area (Å²) in [6.45, 7) is -0.311. The highest BCUT2D eigenvalue weighted by Gasteiger charge is 2.43. The van der Waals surface area contributed by atoms with Gasteiger partial charge in [0.15, 0.2) is 0 Å². The van der Waals surface area contributed by atoms with Crippen LogP contribution in [-0.2, 0) is 13.6 Å². The Morgan fingerprint density at radius 3 is 2.75 bits per heavy atom. The summed E-state index contributed by atoms with van der Waals surface area (Å²) in [5.74, 6) is -2.63. The molecule has 106 valence electrons. The number of rotatable bonds is 3. The Labute approximate surface area is 112 Å². The van der Waals surface area contributed by atoms with Crippen LogP contribution in [0.4, 0.5) is 14.5 Å². The molecule has 1 fully saturated rings. The first-order chi connectivity index (χ1) is 9.35. The van der Waals surface area contributed by atoms with Crippen molar-refractivity contribution in [2.24, 2.45) is 7.05 Å². The highest BCUT2D eigenvalue weighted by atomic mass is 19.3. The molecule has 2 heterocycles. The molecule has 0 aliphatic carbocycles. The van der Waals surface area contributed by atoms with Crippen molar-refractivity contribution < 1.29 is 13.7 Å². The Morgan fingerprint density at radius 1 is 1.45 bits per heavy atom. The zero-order valence-electron chi connectivity index (χ0n) is 10.7. The lowest BCUT2D eigenvalue weighted by Crippen LogP contribution is -2.55. The monoisotopic (exact) mass is 282 g/mol. The van der Waals surface area contributed by atoms with Crippen LogP contribution in [0.5, 0.6) is 0 Å². The molecule has 1 aliphatic rings. The van der Waals surface area contributed by atoms with Crippen molar-refractivity contribution in [3.05, 3.63) is 34.0 Å². The van der Waals surface area contributed by atoms with E-state index >= 15 is 0 Å². The highest BCUT2D eigenvalue weighted by molar-refractivity contribution is 5.84. The summed E-state index contributed by atoms with van der Waals surface area (Å²) in [4.78, 5) is 11.9. The van der Waals surface area contributed by atoms with Gasteiger partial charge in [-0.25, -0.2) is 8.78 Å². The molecule has 0 bridgehead atoms. The molecule has 0 saturated carbocycles. The van der Waals surface area contributed by atoms with Gasteiger partial charge in [-0.05, 0) is 6.07 Å². The van der Waals surface area contributed by atoms with E-state index in [0.717, 1.165) is 5.52 Å². The number of aryl methyl sites for hydroxylation is 1. The lowest BCUT2D eigenvalue weighted by atomic mass is 10.1. The molecule has 2 aromatic rings. The van der Waals surface area contributed by atoms with E-state index in [1.54, 1.807) is 22.7 Å². The maximum atomic E-state index is 12.8. The van der Waals surface area contributed by atoms with Gasteiger partial charge >= 0.3 is 0 Å². The smallest absolute Gasteiger partial charge is 0.272 e. The van der Waals surface area contributed by atoms with Crippen LogP contribution in [0.15, 0.2) is 18.2 Å². The number of nitrogens with zero attached hydrogens (tertiary/aromatic N) is 4. The Bertz CT molecular complexity index is 690. The second-order valence-corrected chi connectivity index (χ2v) is 5.03. The first kappa shape index (κ1) is 12.9. The van der Waals surface area contributed by atoms with Crippen molar-refractivity contribution in [2.75, 3.05) is 13.1 Å². The van der Waals surface area contributed by atoms with E-state index in [0.29, 0.717) is 11.1 Å².